The largest absolute Gasteiger partial charge is 0.508 e. The number of nitrogens with zero attached hydrogens (tertiary/aromatic N) is 4. The highest BCUT2D eigenvalue weighted by molar-refractivity contribution is 7.98. The number of anilines is 1. The normalized spacial score (nSPS) is 11.4. The average molecular weight is 528 g/mol. The topological polar surface area (TPSA) is 105 Å². The Morgan fingerprint density at radius 3 is 2.61 bits per heavy atom. The van der Waals surface area contributed by atoms with Gasteiger partial charge in [-0.15, -0.1) is 10.2 Å². The van der Waals surface area contributed by atoms with Gasteiger partial charge in [-0.3, -0.25) is 9.36 Å². The second-order valence-corrected chi connectivity index (χ2v) is 10.5. The third-order valence-corrected chi connectivity index (χ3v) is 7.38. The molecule has 8 nitrogen and oxygen atoms in total. The third-order valence-electron chi connectivity index (χ3n) is 6.38. The number of phenols is 2. The van der Waals surface area contributed by atoms with Crippen LogP contribution in [0.25, 0.3) is 28.0 Å². The molecule has 0 saturated carbocycles. The molecule has 0 radical (unpaired) electrons. The summed E-state index contributed by atoms with van der Waals surface area (Å²) in [4.78, 5) is 11.5. The Balaban J connectivity index is 1.60. The van der Waals surface area contributed by atoms with Gasteiger partial charge in [0, 0.05) is 48.6 Å². The highest BCUT2D eigenvalue weighted by Crippen LogP contribution is 2.39. The molecule has 194 valence electrons. The molecule has 0 aliphatic rings. The average Bonchev–Trinajstić information content (AvgIpc) is 3.45. The van der Waals surface area contributed by atoms with Gasteiger partial charge in [0.1, 0.15) is 11.5 Å². The molecular formula is C29H29N5O3S. The van der Waals surface area contributed by atoms with Crippen LogP contribution < -0.4 is 5.32 Å². The Morgan fingerprint density at radius 1 is 1.03 bits per heavy atom. The first-order valence-electron chi connectivity index (χ1n) is 12.3. The number of rotatable bonds is 7. The van der Waals surface area contributed by atoms with E-state index in [1.807, 2.05) is 62.0 Å². The van der Waals surface area contributed by atoms with Crippen LogP contribution in [0.5, 0.6) is 11.5 Å². The monoisotopic (exact) mass is 527 g/mol. The molecule has 0 aliphatic heterocycles. The van der Waals surface area contributed by atoms with Gasteiger partial charge in [0.2, 0.25) is 5.91 Å². The second kappa shape index (κ2) is 10.3. The Morgan fingerprint density at radius 2 is 1.84 bits per heavy atom. The molecule has 0 spiro atoms. The van der Waals surface area contributed by atoms with Crippen LogP contribution in [0.3, 0.4) is 0 Å². The lowest BCUT2D eigenvalue weighted by atomic mass is 9.98. The molecule has 0 bridgehead atoms. The second-order valence-electron chi connectivity index (χ2n) is 9.56. The van der Waals surface area contributed by atoms with E-state index in [4.69, 9.17) is 0 Å². The predicted molar refractivity (Wildman–Crippen MR) is 151 cm³/mol. The van der Waals surface area contributed by atoms with Crippen LogP contribution in [0.4, 0.5) is 5.69 Å². The number of nitrogens with one attached hydrogen (secondary N) is 1. The zero-order valence-corrected chi connectivity index (χ0v) is 22.5. The summed E-state index contributed by atoms with van der Waals surface area (Å²) in [7, 11) is 2.00. The van der Waals surface area contributed by atoms with Crippen molar-refractivity contribution >= 4 is 34.3 Å². The molecule has 0 saturated heterocycles. The summed E-state index contributed by atoms with van der Waals surface area (Å²) in [6.07, 6.45) is 2.01. The molecule has 0 unspecified atom stereocenters. The number of aromatic hydroxyl groups is 2. The molecule has 0 atom stereocenters. The van der Waals surface area contributed by atoms with Crippen LogP contribution >= 0.6 is 11.8 Å². The third kappa shape index (κ3) is 4.97. The van der Waals surface area contributed by atoms with E-state index in [2.05, 4.69) is 38.3 Å². The number of aryl methyl sites for hydroxylation is 1. The molecule has 2 aromatic heterocycles. The van der Waals surface area contributed by atoms with Gasteiger partial charge in [-0.2, -0.15) is 0 Å². The van der Waals surface area contributed by atoms with Crippen molar-refractivity contribution in [2.75, 3.05) is 5.32 Å². The fraction of sp³-hybridized carbons (Fsp3) is 0.207. The predicted octanol–water partition coefficient (Wildman–Crippen LogP) is 6.21. The quantitative estimate of drug-likeness (QED) is 0.217. The van der Waals surface area contributed by atoms with Crippen molar-refractivity contribution in [3.8, 4) is 28.6 Å². The number of benzene rings is 3. The fourth-order valence-electron chi connectivity index (χ4n) is 4.50. The van der Waals surface area contributed by atoms with Gasteiger partial charge in [-0.1, -0.05) is 37.7 Å². The Bertz CT molecular complexity index is 1650. The van der Waals surface area contributed by atoms with E-state index >= 15 is 0 Å². The van der Waals surface area contributed by atoms with E-state index in [-0.39, 0.29) is 23.3 Å². The maximum absolute atomic E-state index is 11.5. The van der Waals surface area contributed by atoms with Crippen molar-refractivity contribution in [3.05, 3.63) is 78.0 Å². The summed E-state index contributed by atoms with van der Waals surface area (Å²) in [5, 5.41) is 34.8. The number of fused-ring (bicyclic) bond motifs is 1. The Hall–Kier alpha value is -4.24. The first-order chi connectivity index (χ1) is 18.2. The first kappa shape index (κ1) is 25.4. The maximum atomic E-state index is 11.5. The van der Waals surface area contributed by atoms with Crippen molar-refractivity contribution in [3.63, 3.8) is 0 Å². The van der Waals surface area contributed by atoms with Crippen LogP contribution in [0.15, 0.2) is 72.0 Å². The summed E-state index contributed by atoms with van der Waals surface area (Å²) in [6, 6.07) is 19.0. The molecule has 38 heavy (non-hydrogen) atoms. The number of carbonyl (C=O) groups is 1. The number of phenolic OH excluding ortho intramolecular Hbond substituents is 2. The van der Waals surface area contributed by atoms with Gasteiger partial charge in [-0.25, -0.2) is 0 Å². The van der Waals surface area contributed by atoms with E-state index < -0.39 is 0 Å². The van der Waals surface area contributed by atoms with E-state index in [1.165, 1.54) is 24.8 Å². The summed E-state index contributed by atoms with van der Waals surface area (Å²) in [6.45, 7) is 5.46. The molecule has 5 rings (SSSR count). The SMILES string of the molecule is CC(=O)Nc1cccc(CSc2nnc(-c3cc(C(C)C)c(O)cc3O)n2-c2ccc3c(ccn3C)c2)c1. The van der Waals surface area contributed by atoms with E-state index in [9.17, 15) is 15.0 Å². The van der Waals surface area contributed by atoms with E-state index in [0.29, 0.717) is 22.3 Å². The van der Waals surface area contributed by atoms with Crippen LogP contribution in [0.2, 0.25) is 0 Å². The standard InChI is InChI=1S/C29H29N5O3S/c1-17(2)23-14-24(27(37)15-26(23)36)28-31-32-29(38-16-19-6-5-7-21(12-19)30-18(3)35)34(28)22-8-9-25-20(13-22)10-11-33(25)4/h5-15,17,36-37H,16H2,1-4H3,(H,30,35). The smallest absolute Gasteiger partial charge is 0.221 e. The molecule has 5 aromatic rings. The number of hydrogen-bond donors (Lipinski definition) is 3. The highest BCUT2D eigenvalue weighted by atomic mass is 32.2. The van der Waals surface area contributed by atoms with Gasteiger partial charge in [0.25, 0.3) is 0 Å². The highest BCUT2D eigenvalue weighted by Gasteiger charge is 2.22. The number of thioether (sulfide) groups is 1. The lowest BCUT2D eigenvalue weighted by Gasteiger charge is -2.15. The molecular weight excluding hydrogens is 498 g/mol. The van der Waals surface area contributed by atoms with Crippen LogP contribution in [-0.2, 0) is 17.6 Å². The van der Waals surface area contributed by atoms with Crippen molar-refractivity contribution in [2.24, 2.45) is 7.05 Å². The summed E-state index contributed by atoms with van der Waals surface area (Å²) in [5.41, 5.74) is 4.92. The molecule has 0 fully saturated rings. The summed E-state index contributed by atoms with van der Waals surface area (Å²) >= 11 is 1.51. The molecule has 1 amide bonds. The zero-order valence-electron chi connectivity index (χ0n) is 21.6. The van der Waals surface area contributed by atoms with Crippen LogP contribution in [0, 0.1) is 0 Å². The summed E-state index contributed by atoms with van der Waals surface area (Å²) in [5.74, 6) is 0.987. The lowest BCUT2D eigenvalue weighted by Crippen LogP contribution is -2.05. The van der Waals surface area contributed by atoms with E-state index in [0.717, 1.165) is 33.4 Å². The molecule has 3 aromatic carbocycles. The van der Waals surface area contributed by atoms with Crippen molar-refractivity contribution < 1.29 is 15.0 Å². The number of amides is 1. The van der Waals surface area contributed by atoms with Crippen molar-refractivity contribution in [1.82, 2.24) is 19.3 Å². The molecule has 0 aliphatic carbocycles. The van der Waals surface area contributed by atoms with Crippen LogP contribution in [-0.4, -0.2) is 35.5 Å². The van der Waals surface area contributed by atoms with Crippen LogP contribution in [0.1, 0.15) is 37.8 Å². The van der Waals surface area contributed by atoms with Gasteiger partial charge >= 0.3 is 0 Å². The Labute approximate surface area is 225 Å². The molecule has 9 heteroatoms. The van der Waals surface area contributed by atoms with Gasteiger partial charge in [0.15, 0.2) is 11.0 Å². The lowest BCUT2D eigenvalue weighted by molar-refractivity contribution is -0.114. The number of aromatic nitrogens is 4. The number of hydrogen-bond acceptors (Lipinski definition) is 6. The molecule has 2 heterocycles. The van der Waals surface area contributed by atoms with Gasteiger partial charge in [-0.05, 0) is 59.5 Å². The minimum absolute atomic E-state index is 0.0478. The van der Waals surface area contributed by atoms with E-state index in [1.54, 1.807) is 6.07 Å². The maximum Gasteiger partial charge on any atom is 0.221 e. The van der Waals surface area contributed by atoms with Crippen molar-refractivity contribution in [2.45, 2.75) is 37.6 Å². The minimum atomic E-state index is -0.120. The Kier molecular flexibility index (Phi) is 6.86. The fourth-order valence-corrected chi connectivity index (χ4v) is 5.40. The minimum Gasteiger partial charge on any atom is -0.508 e. The van der Waals surface area contributed by atoms with Crippen molar-refractivity contribution in [1.29, 1.82) is 0 Å². The first-order valence-corrected chi connectivity index (χ1v) is 13.3. The number of carbonyl (C=O) groups excluding carboxylic acids is 1. The molecule has 3 N–H and O–H groups in total. The summed E-state index contributed by atoms with van der Waals surface area (Å²) < 4.78 is 4.00. The zero-order chi connectivity index (χ0) is 27.0. The van der Waals surface area contributed by atoms with Gasteiger partial charge in [0.05, 0.1) is 11.3 Å². The van der Waals surface area contributed by atoms with Gasteiger partial charge < -0.3 is 20.1 Å².